The maximum atomic E-state index is 13.1. The first kappa shape index (κ1) is 26.6. The third-order valence-corrected chi connectivity index (χ3v) is 11.0. The molecule has 198 valence electrons. The van der Waals surface area contributed by atoms with Crippen LogP contribution in [0, 0.1) is 0 Å². The zero-order chi connectivity index (χ0) is 25.4. The van der Waals surface area contributed by atoms with Gasteiger partial charge in [-0.2, -0.15) is 0 Å². The molecule has 1 N–H and O–H groups in total. The van der Waals surface area contributed by atoms with E-state index in [2.05, 4.69) is 27.0 Å². The number of benzene rings is 1. The van der Waals surface area contributed by atoms with Crippen molar-refractivity contribution in [2.24, 2.45) is 0 Å². The Kier molecular flexibility index (Phi) is 7.67. The first-order valence-corrected chi connectivity index (χ1v) is 15.4. The molecule has 0 aliphatic carbocycles. The molecule has 4 aromatic heterocycles. The number of para-hydroxylation sites is 1. The van der Waals surface area contributed by atoms with Crippen LogP contribution in [-0.2, 0) is 16.6 Å². The van der Waals surface area contributed by atoms with Crippen LogP contribution in [0.1, 0.15) is 36.8 Å². The van der Waals surface area contributed by atoms with Gasteiger partial charge < -0.3 is 4.98 Å². The second kappa shape index (κ2) is 11.0. The summed E-state index contributed by atoms with van der Waals surface area (Å²) in [6.07, 6.45) is 6.18. The van der Waals surface area contributed by atoms with Crippen molar-refractivity contribution in [3.63, 3.8) is 0 Å². The molecule has 7 nitrogen and oxygen atoms in total. The lowest BCUT2D eigenvalue weighted by molar-refractivity contribution is 0.200. The van der Waals surface area contributed by atoms with E-state index >= 15 is 0 Å². The zero-order valence-electron chi connectivity index (χ0n) is 20.4. The highest BCUT2D eigenvalue weighted by atomic mass is 32.2. The molecule has 5 aromatic rings. The zero-order valence-corrected chi connectivity index (χ0v) is 22.8. The Morgan fingerprint density at radius 2 is 2.03 bits per heavy atom. The van der Waals surface area contributed by atoms with Gasteiger partial charge in [0, 0.05) is 54.4 Å². The van der Waals surface area contributed by atoms with E-state index in [1.807, 2.05) is 42.7 Å². The Morgan fingerprint density at radius 1 is 1.13 bits per heavy atom. The number of nitrogens with one attached hydrogen (secondary N) is 1. The molecule has 0 saturated carbocycles. The molecule has 1 aromatic carbocycles. The number of anilines is 1. The highest BCUT2D eigenvalue weighted by Gasteiger charge is 2.25. The molecule has 5 heterocycles. The van der Waals surface area contributed by atoms with E-state index in [4.69, 9.17) is 4.98 Å². The highest BCUT2D eigenvalue weighted by molar-refractivity contribution is 7.94. The van der Waals surface area contributed by atoms with Gasteiger partial charge in [-0.15, -0.1) is 22.7 Å². The minimum Gasteiger partial charge on any atom is -0.351 e. The standard InChI is InChI=1S/C27H27N5O2S3.CH4/c1-31(37(33,34)25-11-6-14-35-25)24-10-4-7-19-15-23(30-26(19)24)27-29-16-21(36-27)18-32-13-5-8-20(17-32)22-9-2-3-12-28-22;/h2-4,6-7,9-12,14-16,20,30H,5,8,13,17-18H2,1H3;1H4. The fourth-order valence-electron chi connectivity index (χ4n) is 4.98. The molecule has 0 spiro atoms. The number of likely N-dealkylation sites (tertiary alicyclic amines) is 1. The molecular weight excluding hydrogens is 535 g/mol. The number of hydrogen-bond acceptors (Lipinski definition) is 7. The summed E-state index contributed by atoms with van der Waals surface area (Å²) >= 11 is 2.90. The molecule has 1 aliphatic heterocycles. The number of thiophene rings is 1. The molecular formula is C28H31N5O2S3. The largest absolute Gasteiger partial charge is 0.351 e. The summed E-state index contributed by atoms with van der Waals surface area (Å²) in [6, 6.07) is 17.3. The molecule has 1 fully saturated rings. The minimum absolute atomic E-state index is 0. The van der Waals surface area contributed by atoms with E-state index in [0.29, 0.717) is 15.8 Å². The summed E-state index contributed by atoms with van der Waals surface area (Å²) in [6.45, 7) is 2.96. The van der Waals surface area contributed by atoms with Gasteiger partial charge in [-0.1, -0.05) is 31.7 Å². The Hall–Kier alpha value is -3.05. The molecule has 10 heteroatoms. The second-order valence-electron chi connectivity index (χ2n) is 9.29. The molecule has 0 amide bonds. The van der Waals surface area contributed by atoms with Crippen molar-refractivity contribution in [1.82, 2.24) is 19.9 Å². The molecule has 1 unspecified atom stereocenters. The number of aromatic nitrogens is 3. The number of thiazole rings is 1. The highest BCUT2D eigenvalue weighted by Crippen LogP contribution is 2.35. The number of sulfonamides is 1. The Morgan fingerprint density at radius 3 is 2.82 bits per heavy atom. The number of piperidine rings is 1. The van der Waals surface area contributed by atoms with Crippen LogP contribution in [0.25, 0.3) is 21.6 Å². The van der Waals surface area contributed by atoms with Crippen molar-refractivity contribution < 1.29 is 8.42 Å². The summed E-state index contributed by atoms with van der Waals surface area (Å²) < 4.78 is 27.9. The molecule has 38 heavy (non-hydrogen) atoms. The average Bonchev–Trinajstić information content (AvgIpc) is 3.70. The molecule has 1 aliphatic rings. The minimum atomic E-state index is -3.62. The smallest absolute Gasteiger partial charge is 0.273 e. The number of aromatic amines is 1. The van der Waals surface area contributed by atoms with Gasteiger partial charge in [-0.05, 0) is 55.1 Å². The normalized spacial score (nSPS) is 16.4. The number of H-pyrrole nitrogens is 1. The summed E-state index contributed by atoms with van der Waals surface area (Å²) in [5.74, 6) is 0.469. The van der Waals surface area contributed by atoms with Crippen LogP contribution in [0.4, 0.5) is 5.69 Å². The topological polar surface area (TPSA) is 82.2 Å². The molecule has 0 bridgehead atoms. The van der Waals surface area contributed by atoms with Crippen LogP contribution < -0.4 is 4.31 Å². The second-order valence-corrected chi connectivity index (χ2v) is 13.5. The van der Waals surface area contributed by atoms with Crippen LogP contribution >= 0.6 is 22.7 Å². The Bertz CT molecular complexity index is 1610. The maximum Gasteiger partial charge on any atom is 0.273 e. The van der Waals surface area contributed by atoms with E-state index in [9.17, 15) is 8.42 Å². The molecule has 1 saturated heterocycles. The fraction of sp³-hybridized carbons (Fsp3) is 0.286. The summed E-state index contributed by atoms with van der Waals surface area (Å²) in [5, 5.41) is 3.63. The SMILES string of the molecule is C.CN(c1cccc2cc(-c3ncc(CN4CCCC(c5ccccn5)C4)s3)[nH]c12)S(=O)(=O)c1cccs1. The van der Waals surface area contributed by atoms with Crippen molar-refractivity contribution in [2.45, 2.75) is 36.9 Å². The van der Waals surface area contributed by atoms with Crippen LogP contribution in [-0.4, -0.2) is 48.4 Å². The van der Waals surface area contributed by atoms with Crippen LogP contribution in [0.2, 0.25) is 0 Å². The third kappa shape index (κ3) is 5.13. The van der Waals surface area contributed by atoms with E-state index < -0.39 is 10.0 Å². The molecule has 6 rings (SSSR count). The summed E-state index contributed by atoms with van der Waals surface area (Å²) in [7, 11) is -2.02. The average molecular weight is 566 g/mol. The van der Waals surface area contributed by atoms with Gasteiger partial charge in [-0.25, -0.2) is 13.4 Å². The monoisotopic (exact) mass is 565 g/mol. The van der Waals surface area contributed by atoms with Gasteiger partial charge in [0.05, 0.1) is 16.9 Å². The van der Waals surface area contributed by atoms with Crippen molar-refractivity contribution in [1.29, 1.82) is 0 Å². The number of nitrogens with zero attached hydrogens (tertiary/aromatic N) is 4. The number of fused-ring (bicyclic) bond motifs is 1. The Labute approximate surface area is 231 Å². The van der Waals surface area contributed by atoms with Gasteiger partial charge in [0.25, 0.3) is 10.0 Å². The summed E-state index contributed by atoms with van der Waals surface area (Å²) in [4.78, 5) is 16.4. The van der Waals surface area contributed by atoms with E-state index in [1.54, 1.807) is 35.9 Å². The van der Waals surface area contributed by atoms with Gasteiger partial charge in [-0.3, -0.25) is 14.2 Å². The number of pyridine rings is 1. The van der Waals surface area contributed by atoms with Crippen molar-refractivity contribution in [3.05, 3.63) is 82.9 Å². The number of rotatable bonds is 7. The predicted molar refractivity (Wildman–Crippen MR) is 158 cm³/mol. The van der Waals surface area contributed by atoms with Crippen molar-refractivity contribution in [3.8, 4) is 10.7 Å². The van der Waals surface area contributed by atoms with Crippen molar-refractivity contribution >= 4 is 49.3 Å². The van der Waals surface area contributed by atoms with Gasteiger partial charge in [0.15, 0.2) is 0 Å². The van der Waals surface area contributed by atoms with Crippen LogP contribution in [0.5, 0.6) is 0 Å². The summed E-state index contributed by atoms with van der Waals surface area (Å²) in [5.41, 5.74) is 3.47. The van der Waals surface area contributed by atoms with Crippen LogP contribution in [0.15, 0.2) is 76.6 Å². The van der Waals surface area contributed by atoms with E-state index in [-0.39, 0.29) is 7.43 Å². The lowest BCUT2D eigenvalue weighted by Crippen LogP contribution is -2.33. The van der Waals surface area contributed by atoms with Gasteiger partial charge in [0.1, 0.15) is 9.22 Å². The molecule has 0 radical (unpaired) electrons. The fourth-order valence-corrected chi connectivity index (χ4v) is 8.27. The van der Waals surface area contributed by atoms with Crippen LogP contribution in [0.3, 0.4) is 0 Å². The third-order valence-electron chi connectivity index (χ3n) is 6.86. The quantitative estimate of drug-likeness (QED) is 0.241. The van der Waals surface area contributed by atoms with Gasteiger partial charge in [0.2, 0.25) is 0 Å². The predicted octanol–water partition coefficient (Wildman–Crippen LogP) is 6.59. The van der Waals surface area contributed by atoms with Crippen molar-refractivity contribution in [2.75, 3.05) is 24.4 Å². The number of hydrogen-bond donors (Lipinski definition) is 1. The van der Waals surface area contributed by atoms with E-state index in [1.165, 1.54) is 39.1 Å². The van der Waals surface area contributed by atoms with Gasteiger partial charge >= 0.3 is 0 Å². The lowest BCUT2D eigenvalue weighted by Gasteiger charge is -2.32. The maximum absolute atomic E-state index is 13.1. The first-order chi connectivity index (χ1) is 18.0. The molecule has 1 atom stereocenters. The lowest BCUT2D eigenvalue weighted by atomic mass is 9.94. The Balaban J connectivity index is 0.00000294. The first-order valence-electron chi connectivity index (χ1n) is 12.2. The van der Waals surface area contributed by atoms with E-state index in [0.717, 1.165) is 41.2 Å².